The molecule has 0 aliphatic heterocycles. The second-order valence-corrected chi connectivity index (χ2v) is 5.99. The fourth-order valence-electron chi connectivity index (χ4n) is 2.65. The van der Waals surface area contributed by atoms with Crippen LogP contribution in [0, 0.1) is 13.8 Å². The van der Waals surface area contributed by atoms with Crippen LogP contribution >= 0.6 is 0 Å². The minimum absolute atomic E-state index is 0.208. The van der Waals surface area contributed by atoms with Gasteiger partial charge in [-0.2, -0.15) is 0 Å². The second kappa shape index (κ2) is 7.62. The van der Waals surface area contributed by atoms with Gasteiger partial charge in [-0.25, -0.2) is 0 Å². The molecule has 1 aromatic heterocycles. The average Bonchev–Trinajstić information content (AvgIpc) is 2.64. The molecule has 3 aromatic rings. The highest BCUT2D eigenvalue weighted by Crippen LogP contribution is 2.20. The summed E-state index contributed by atoms with van der Waals surface area (Å²) in [5.41, 5.74) is 5.35. The summed E-state index contributed by atoms with van der Waals surface area (Å²) in [5, 5.41) is 6.29. The van der Waals surface area contributed by atoms with Crippen LogP contribution in [0.3, 0.4) is 0 Å². The Balaban J connectivity index is 1.71. The molecule has 0 fully saturated rings. The van der Waals surface area contributed by atoms with Gasteiger partial charge in [0.05, 0.1) is 0 Å². The van der Waals surface area contributed by atoms with Crippen molar-refractivity contribution in [3.8, 4) is 0 Å². The number of hydrogen-bond donors (Lipinski definition) is 2. The van der Waals surface area contributed by atoms with E-state index in [-0.39, 0.29) is 5.91 Å². The van der Waals surface area contributed by atoms with E-state index in [4.69, 9.17) is 0 Å². The van der Waals surface area contributed by atoms with E-state index in [1.165, 1.54) is 5.56 Å². The van der Waals surface area contributed by atoms with Crippen LogP contribution in [0.4, 0.5) is 11.4 Å². The van der Waals surface area contributed by atoms with Gasteiger partial charge in [0.15, 0.2) is 0 Å². The first-order valence-electron chi connectivity index (χ1n) is 8.25. The van der Waals surface area contributed by atoms with Gasteiger partial charge in [0.25, 0.3) is 5.91 Å². The van der Waals surface area contributed by atoms with Crippen LogP contribution < -0.4 is 10.6 Å². The Bertz CT molecular complexity index is 855. The van der Waals surface area contributed by atoms with Crippen LogP contribution in [0.1, 0.15) is 27.2 Å². The first-order chi connectivity index (χ1) is 12.1. The molecule has 4 heteroatoms. The van der Waals surface area contributed by atoms with Crippen LogP contribution in [0.2, 0.25) is 0 Å². The number of para-hydroxylation sites is 1. The summed E-state index contributed by atoms with van der Waals surface area (Å²) in [6, 6.07) is 19.7. The van der Waals surface area contributed by atoms with Gasteiger partial charge in [0.2, 0.25) is 0 Å². The molecular formula is C21H21N3O. The van der Waals surface area contributed by atoms with E-state index in [1.807, 2.05) is 56.3 Å². The van der Waals surface area contributed by atoms with E-state index in [0.29, 0.717) is 12.2 Å². The molecule has 0 atom stereocenters. The zero-order valence-corrected chi connectivity index (χ0v) is 14.4. The monoisotopic (exact) mass is 331 g/mol. The predicted octanol–water partition coefficient (Wildman–Crippen LogP) is 4.56. The highest BCUT2D eigenvalue weighted by Gasteiger charge is 2.11. The van der Waals surface area contributed by atoms with Gasteiger partial charge >= 0.3 is 0 Å². The largest absolute Gasteiger partial charge is 0.381 e. The summed E-state index contributed by atoms with van der Waals surface area (Å²) in [5.74, 6) is -0.208. The molecular weight excluding hydrogens is 310 g/mol. The summed E-state index contributed by atoms with van der Waals surface area (Å²) < 4.78 is 0. The maximum Gasteiger partial charge on any atom is 0.274 e. The van der Waals surface area contributed by atoms with Crippen molar-refractivity contribution in [2.45, 2.75) is 20.4 Å². The lowest BCUT2D eigenvalue weighted by atomic mass is 10.1. The van der Waals surface area contributed by atoms with Crippen molar-refractivity contribution in [1.82, 2.24) is 4.98 Å². The van der Waals surface area contributed by atoms with Crippen LogP contribution in [0.5, 0.6) is 0 Å². The fourth-order valence-corrected chi connectivity index (χ4v) is 2.65. The van der Waals surface area contributed by atoms with Gasteiger partial charge in [-0.15, -0.1) is 0 Å². The molecule has 1 amide bonds. The van der Waals surface area contributed by atoms with E-state index >= 15 is 0 Å². The maximum atomic E-state index is 12.5. The Labute approximate surface area is 147 Å². The fraction of sp³-hybridized carbons (Fsp3) is 0.143. The Morgan fingerprint density at radius 2 is 1.68 bits per heavy atom. The highest BCUT2D eigenvalue weighted by molar-refractivity contribution is 6.04. The number of aryl methyl sites for hydroxylation is 2. The Morgan fingerprint density at radius 3 is 2.40 bits per heavy atom. The lowest BCUT2D eigenvalue weighted by Gasteiger charge is -2.12. The number of hydrogen-bond acceptors (Lipinski definition) is 3. The number of carbonyl (C=O) groups excluding carboxylic acids is 1. The molecule has 2 N–H and O–H groups in total. The molecule has 25 heavy (non-hydrogen) atoms. The van der Waals surface area contributed by atoms with Crippen molar-refractivity contribution in [3.63, 3.8) is 0 Å². The number of anilines is 2. The molecule has 3 rings (SSSR count). The first-order valence-corrected chi connectivity index (χ1v) is 8.25. The number of nitrogens with one attached hydrogen (secondary N) is 2. The maximum absolute atomic E-state index is 12.5. The highest BCUT2D eigenvalue weighted by atomic mass is 16.1. The number of nitrogens with zero attached hydrogens (tertiary/aromatic N) is 1. The third kappa shape index (κ3) is 4.23. The Morgan fingerprint density at radius 1 is 0.960 bits per heavy atom. The lowest BCUT2D eigenvalue weighted by molar-refractivity contribution is 0.102. The normalized spacial score (nSPS) is 10.3. The number of rotatable bonds is 5. The number of benzene rings is 2. The predicted molar refractivity (Wildman–Crippen MR) is 102 cm³/mol. The molecule has 0 aliphatic rings. The summed E-state index contributed by atoms with van der Waals surface area (Å²) >= 11 is 0. The summed E-state index contributed by atoms with van der Waals surface area (Å²) in [6.45, 7) is 4.66. The zero-order valence-electron chi connectivity index (χ0n) is 14.4. The van der Waals surface area contributed by atoms with E-state index in [0.717, 1.165) is 22.5 Å². The van der Waals surface area contributed by atoms with Crippen LogP contribution in [0.25, 0.3) is 0 Å². The molecule has 2 aromatic carbocycles. The van der Waals surface area contributed by atoms with Crippen LogP contribution in [-0.2, 0) is 6.54 Å². The molecule has 4 nitrogen and oxygen atoms in total. The molecule has 1 heterocycles. The topological polar surface area (TPSA) is 54.0 Å². The molecule has 0 spiro atoms. The molecule has 0 saturated heterocycles. The minimum atomic E-state index is -0.208. The SMILES string of the molecule is Cc1cccc(C)c1NC(=O)c1cc(NCc2ccccc2)ccn1. The smallest absolute Gasteiger partial charge is 0.274 e. The number of carbonyl (C=O) groups is 1. The van der Waals surface area contributed by atoms with Gasteiger partial charge in [0, 0.05) is 24.1 Å². The molecule has 0 bridgehead atoms. The van der Waals surface area contributed by atoms with Gasteiger partial charge in [-0.3, -0.25) is 9.78 Å². The van der Waals surface area contributed by atoms with E-state index in [1.54, 1.807) is 12.3 Å². The standard InChI is InChI=1S/C21H21N3O/c1-15-7-6-8-16(2)20(15)24-21(25)19-13-18(11-12-22-19)23-14-17-9-4-3-5-10-17/h3-13H,14H2,1-2H3,(H,22,23)(H,24,25). The second-order valence-electron chi connectivity index (χ2n) is 5.99. The first kappa shape index (κ1) is 16.7. The van der Waals surface area contributed by atoms with Crippen molar-refractivity contribution in [3.05, 3.63) is 89.2 Å². The lowest BCUT2D eigenvalue weighted by Crippen LogP contribution is -2.15. The van der Waals surface area contributed by atoms with Crippen LogP contribution in [0.15, 0.2) is 66.9 Å². The van der Waals surface area contributed by atoms with Gasteiger partial charge in [0.1, 0.15) is 5.69 Å². The van der Waals surface area contributed by atoms with Gasteiger partial charge < -0.3 is 10.6 Å². The van der Waals surface area contributed by atoms with Gasteiger partial charge in [-0.1, -0.05) is 48.5 Å². The van der Waals surface area contributed by atoms with Crippen molar-refractivity contribution < 1.29 is 4.79 Å². The van der Waals surface area contributed by atoms with Crippen molar-refractivity contribution in [1.29, 1.82) is 0 Å². The van der Waals surface area contributed by atoms with Crippen molar-refractivity contribution in [2.75, 3.05) is 10.6 Å². The summed E-state index contributed by atoms with van der Waals surface area (Å²) in [4.78, 5) is 16.7. The third-order valence-corrected chi connectivity index (χ3v) is 4.05. The van der Waals surface area contributed by atoms with Gasteiger partial charge in [-0.05, 0) is 42.7 Å². The van der Waals surface area contributed by atoms with Crippen molar-refractivity contribution >= 4 is 17.3 Å². The van der Waals surface area contributed by atoms with E-state index < -0.39 is 0 Å². The number of aromatic nitrogens is 1. The summed E-state index contributed by atoms with van der Waals surface area (Å²) in [6.07, 6.45) is 1.65. The van der Waals surface area contributed by atoms with E-state index in [2.05, 4.69) is 27.8 Å². The third-order valence-electron chi connectivity index (χ3n) is 4.05. The molecule has 0 saturated carbocycles. The summed E-state index contributed by atoms with van der Waals surface area (Å²) in [7, 11) is 0. The quantitative estimate of drug-likeness (QED) is 0.720. The molecule has 0 aliphatic carbocycles. The average molecular weight is 331 g/mol. The minimum Gasteiger partial charge on any atom is -0.381 e. The Kier molecular flexibility index (Phi) is 5.09. The van der Waals surface area contributed by atoms with E-state index in [9.17, 15) is 4.79 Å². The number of amides is 1. The zero-order chi connectivity index (χ0) is 17.6. The van der Waals surface area contributed by atoms with Crippen LogP contribution in [-0.4, -0.2) is 10.9 Å². The number of pyridine rings is 1. The van der Waals surface area contributed by atoms with Crippen molar-refractivity contribution in [2.24, 2.45) is 0 Å². The molecule has 0 unspecified atom stereocenters. The molecule has 126 valence electrons. The Hall–Kier alpha value is -3.14. The molecule has 0 radical (unpaired) electrons.